The van der Waals surface area contributed by atoms with Crippen LogP contribution in [0.5, 0.6) is 0 Å². The van der Waals surface area contributed by atoms with Crippen LogP contribution in [0.25, 0.3) is 0 Å². The van der Waals surface area contributed by atoms with Crippen molar-refractivity contribution >= 4 is 27.7 Å². The summed E-state index contributed by atoms with van der Waals surface area (Å²) in [5.74, 6) is 1.21. The summed E-state index contributed by atoms with van der Waals surface area (Å²) in [5.41, 5.74) is 0.151. The average Bonchev–Trinajstić information content (AvgIpc) is 3.17. The maximum atomic E-state index is 12.8. The molecule has 1 saturated heterocycles. The van der Waals surface area contributed by atoms with Crippen molar-refractivity contribution in [3.63, 3.8) is 0 Å². The van der Waals surface area contributed by atoms with E-state index in [0.29, 0.717) is 13.1 Å². The van der Waals surface area contributed by atoms with Gasteiger partial charge in [-0.1, -0.05) is 12.8 Å². The molecule has 23 heavy (non-hydrogen) atoms. The smallest absolute Gasteiger partial charge is 0.263 e. The molecule has 2 aliphatic rings. The zero-order valence-electron chi connectivity index (χ0n) is 13.2. The Bertz CT molecular complexity index is 674. The van der Waals surface area contributed by atoms with Gasteiger partial charge in [0.2, 0.25) is 5.03 Å². The Morgan fingerprint density at radius 2 is 1.96 bits per heavy atom. The molecule has 9 heteroatoms. The molecule has 0 spiro atoms. The molecule has 0 aromatic carbocycles. The van der Waals surface area contributed by atoms with Gasteiger partial charge in [0.25, 0.3) is 15.9 Å². The summed E-state index contributed by atoms with van der Waals surface area (Å²) in [4.78, 5) is 12.5. The van der Waals surface area contributed by atoms with Crippen molar-refractivity contribution in [3.05, 3.63) is 11.8 Å². The number of rotatable bonds is 4. The second kappa shape index (κ2) is 6.82. The minimum atomic E-state index is -3.72. The van der Waals surface area contributed by atoms with Crippen LogP contribution in [-0.4, -0.2) is 59.0 Å². The van der Waals surface area contributed by atoms with Gasteiger partial charge in [0.15, 0.2) is 0 Å². The van der Waals surface area contributed by atoms with E-state index in [1.807, 2.05) is 0 Å². The number of thioether (sulfide) groups is 1. The lowest BCUT2D eigenvalue weighted by Crippen LogP contribution is -2.39. The molecule has 7 nitrogen and oxygen atoms in total. The van der Waals surface area contributed by atoms with Crippen molar-refractivity contribution in [2.45, 2.75) is 36.8 Å². The number of nitrogens with zero attached hydrogens (tertiary/aromatic N) is 3. The highest BCUT2D eigenvalue weighted by Gasteiger charge is 2.33. The molecular formula is C14H22N4O3S2. The van der Waals surface area contributed by atoms with Gasteiger partial charge >= 0.3 is 0 Å². The SMILES string of the molecule is Cn1cc(C(=O)NC2CCCC2)c(S(=O)(=O)N2CCSCC2)n1. The monoisotopic (exact) mass is 358 g/mol. The second-order valence-electron chi connectivity index (χ2n) is 5.99. The van der Waals surface area contributed by atoms with Crippen LogP contribution < -0.4 is 5.32 Å². The lowest BCUT2D eigenvalue weighted by Gasteiger charge is -2.25. The molecule has 128 valence electrons. The number of hydrogen-bond donors (Lipinski definition) is 1. The molecule has 0 atom stereocenters. The first kappa shape index (κ1) is 16.8. The fourth-order valence-electron chi connectivity index (χ4n) is 3.06. The second-order valence-corrected chi connectivity index (χ2v) is 9.07. The number of carbonyl (C=O) groups is 1. The maximum Gasteiger partial charge on any atom is 0.263 e. The maximum absolute atomic E-state index is 12.8. The van der Waals surface area contributed by atoms with Crippen LogP contribution in [0.3, 0.4) is 0 Å². The molecule has 1 aromatic heterocycles. The minimum Gasteiger partial charge on any atom is -0.349 e. The molecule has 1 saturated carbocycles. The highest BCUT2D eigenvalue weighted by molar-refractivity contribution is 7.99. The van der Waals surface area contributed by atoms with Crippen LogP contribution in [0.4, 0.5) is 0 Å². The molecule has 1 aliphatic carbocycles. The van der Waals surface area contributed by atoms with Crippen molar-refractivity contribution in [3.8, 4) is 0 Å². The Balaban J connectivity index is 1.85. The van der Waals surface area contributed by atoms with Crippen LogP contribution in [0.1, 0.15) is 36.0 Å². The van der Waals surface area contributed by atoms with E-state index in [0.717, 1.165) is 37.2 Å². The van der Waals surface area contributed by atoms with Crippen LogP contribution in [0.15, 0.2) is 11.2 Å². The van der Waals surface area contributed by atoms with E-state index in [2.05, 4.69) is 10.4 Å². The van der Waals surface area contributed by atoms with Gasteiger partial charge < -0.3 is 5.32 Å². The Hall–Kier alpha value is -1.06. The third-order valence-electron chi connectivity index (χ3n) is 4.28. The number of carbonyl (C=O) groups excluding carboxylic acids is 1. The predicted molar refractivity (Wildman–Crippen MR) is 89.0 cm³/mol. The first-order valence-corrected chi connectivity index (χ1v) is 10.5. The summed E-state index contributed by atoms with van der Waals surface area (Å²) < 4.78 is 28.5. The van der Waals surface area contributed by atoms with E-state index in [4.69, 9.17) is 0 Å². The number of sulfonamides is 1. The van der Waals surface area contributed by atoms with Crippen molar-refractivity contribution in [2.24, 2.45) is 7.05 Å². The normalized spacial score (nSPS) is 20.7. The van der Waals surface area contributed by atoms with Crippen LogP contribution >= 0.6 is 11.8 Å². The number of aromatic nitrogens is 2. The summed E-state index contributed by atoms with van der Waals surface area (Å²) in [6.45, 7) is 0.931. The number of amides is 1. The summed E-state index contributed by atoms with van der Waals surface area (Å²) in [6, 6.07) is 0.143. The van der Waals surface area contributed by atoms with Gasteiger partial charge in [-0.25, -0.2) is 8.42 Å². The van der Waals surface area contributed by atoms with E-state index in [-0.39, 0.29) is 22.5 Å². The molecule has 1 aromatic rings. The first-order chi connectivity index (χ1) is 11.0. The van der Waals surface area contributed by atoms with Gasteiger partial charge in [0.05, 0.1) is 5.56 Å². The van der Waals surface area contributed by atoms with Crippen LogP contribution in [0.2, 0.25) is 0 Å². The van der Waals surface area contributed by atoms with E-state index in [1.165, 1.54) is 15.2 Å². The Morgan fingerprint density at radius 3 is 2.61 bits per heavy atom. The fourth-order valence-corrected chi connectivity index (χ4v) is 5.75. The van der Waals surface area contributed by atoms with Gasteiger partial charge in [-0.3, -0.25) is 9.48 Å². The summed E-state index contributed by atoms with van der Waals surface area (Å²) in [6.07, 6.45) is 5.62. The largest absolute Gasteiger partial charge is 0.349 e. The molecule has 1 aliphatic heterocycles. The van der Waals surface area contributed by atoms with Crippen LogP contribution in [-0.2, 0) is 17.1 Å². The molecule has 2 fully saturated rings. The predicted octanol–water partition coefficient (Wildman–Crippen LogP) is 0.830. The van der Waals surface area contributed by atoms with Crippen molar-refractivity contribution in [1.29, 1.82) is 0 Å². The Morgan fingerprint density at radius 1 is 1.30 bits per heavy atom. The quantitative estimate of drug-likeness (QED) is 0.862. The molecule has 0 radical (unpaired) electrons. The lowest BCUT2D eigenvalue weighted by molar-refractivity contribution is 0.0934. The summed E-state index contributed by atoms with van der Waals surface area (Å²) in [7, 11) is -2.09. The van der Waals surface area contributed by atoms with Crippen LogP contribution in [0, 0.1) is 0 Å². The first-order valence-electron chi connectivity index (χ1n) is 7.91. The molecule has 1 amide bonds. The Kier molecular flexibility index (Phi) is 4.98. The van der Waals surface area contributed by atoms with Crippen molar-refractivity contribution in [2.75, 3.05) is 24.6 Å². The van der Waals surface area contributed by atoms with Gasteiger partial charge in [0.1, 0.15) is 0 Å². The van der Waals surface area contributed by atoms with Gasteiger partial charge in [0, 0.05) is 43.9 Å². The van der Waals surface area contributed by atoms with Gasteiger partial charge in [-0.15, -0.1) is 0 Å². The van der Waals surface area contributed by atoms with E-state index < -0.39 is 10.0 Å². The standard InChI is InChI=1S/C14H22N4O3S2/c1-17-10-12(13(19)15-11-4-2-3-5-11)14(16-17)23(20,21)18-6-8-22-9-7-18/h10-11H,2-9H2,1H3,(H,15,19). The zero-order chi connectivity index (χ0) is 16.4. The minimum absolute atomic E-state index is 0.123. The highest BCUT2D eigenvalue weighted by Crippen LogP contribution is 2.23. The van der Waals surface area contributed by atoms with E-state index in [1.54, 1.807) is 18.8 Å². The van der Waals surface area contributed by atoms with E-state index >= 15 is 0 Å². The van der Waals surface area contributed by atoms with Crippen molar-refractivity contribution < 1.29 is 13.2 Å². The fraction of sp³-hybridized carbons (Fsp3) is 0.714. The van der Waals surface area contributed by atoms with Gasteiger partial charge in [-0.2, -0.15) is 21.2 Å². The molecule has 0 unspecified atom stereocenters. The van der Waals surface area contributed by atoms with E-state index in [9.17, 15) is 13.2 Å². The highest BCUT2D eigenvalue weighted by atomic mass is 32.2. The lowest BCUT2D eigenvalue weighted by atomic mass is 10.2. The zero-order valence-corrected chi connectivity index (χ0v) is 14.8. The number of nitrogens with one attached hydrogen (secondary N) is 1. The number of aryl methyl sites for hydroxylation is 1. The third kappa shape index (κ3) is 3.56. The summed E-state index contributed by atoms with van der Waals surface area (Å²) >= 11 is 1.74. The molecule has 1 N–H and O–H groups in total. The molecular weight excluding hydrogens is 336 g/mol. The molecule has 0 bridgehead atoms. The average molecular weight is 358 g/mol. The molecule has 2 heterocycles. The Labute approximate surface area is 140 Å². The third-order valence-corrected chi connectivity index (χ3v) is 7.06. The van der Waals surface area contributed by atoms with Crippen molar-refractivity contribution in [1.82, 2.24) is 19.4 Å². The number of hydrogen-bond acceptors (Lipinski definition) is 5. The van der Waals surface area contributed by atoms with Gasteiger partial charge in [-0.05, 0) is 12.8 Å². The summed E-state index contributed by atoms with van der Waals surface area (Å²) in [5, 5.41) is 6.89. The topological polar surface area (TPSA) is 84.3 Å². The molecule has 3 rings (SSSR count).